The van der Waals surface area contributed by atoms with Crippen LogP contribution in [0, 0.1) is 13.8 Å². The molecule has 0 N–H and O–H groups in total. The molecule has 0 bridgehead atoms. The van der Waals surface area contributed by atoms with Gasteiger partial charge in [-0.2, -0.15) is 26.3 Å². The fourth-order valence-corrected chi connectivity index (χ4v) is 7.35. The zero-order chi connectivity index (χ0) is 26.3. The fraction of sp³-hybridized carbons (Fsp3) is 0.172. The third kappa shape index (κ3) is 3.21. The molecule has 2 aromatic heterocycles. The molecule has 2 heterocycles. The molecule has 5 aromatic rings. The minimum absolute atomic E-state index is 0.243. The molecule has 0 unspecified atom stereocenters. The second-order valence-corrected chi connectivity index (χ2v) is 11.5. The molecular formula is C29H18F6S2. The molecule has 6 rings (SSSR count). The molecule has 0 saturated carbocycles. The number of halogens is 6. The van der Waals surface area contributed by atoms with Gasteiger partial charge in [-0.3, -0.25) is 0 Å². The predicted molar refractivity (Wildman–Crippen MR) is 140 cm³/mol. The van der Waals surface area contributed by atoms with Crippen LogP contribution >= 0.6 is 22.7 Å². The van der Waals surface area contributed by atoms with E-state index in [0.29, 0.717) is 10.1 Å². The number of allylic oxidation sites excluding steroid dienone is 2. The molecule has 0 fully saturated rings. The monoisotopic (exact) mass is 544 g/mol. The number of hydrogen-bond acceptors (Lipinski definition) is 2. The van der Waals surface area contributed by atoms with Crippen LogP contribution in [0.4, 0.5) is 26.3 Å². The first kappa shape index (κ1) is 24.2. The van der Waals surface area contributed by atoms with Gasteiger partial charge in [0.1, 0.15) is 0 Å². The summed E-state index contributed by atoms with van der Waals surface area (Å²) in [6.07, 6.45) is 0. The SMILES string of the molecule is Cc1sc2ccccc2c1C1=C(c2ccc3sc(-c4ccccc4)cc3c2C)C(F)(F)C(F)(F)C1(F)F. The molecule has 0 radical (unpaired) electrons. The van der Waals surface area contributed by atoms with Gasteiger partial charge in [0.05, 0.1) is 0 Å². The highest BCUT2D eigenvalue weighted by Gasteiger charge is 2.80. The Morgan fingerprint density at radius 2 is 1.24 bits per heavy atom. The molecule has 0 saturated heterocycles. The van der Waals surface area contributed by atoms with E-state index < -0.39 is 28.9 Å². The van der Waals surface area contributed by atoms with Crippen LogP contribution in [-0.2, 0) is 0 Å². The average molecular weight is 545 g/mol. The van der Waals surface area contributed by atoms with Gasteiger partial charge in [0.15, 0.2) is 0 Å². The summed E-state index contributed by atoms with van der Waals surface area (Å²) in [6, 6.07) is 20.4. The van der Waals surface area contributed by atoms with Crippen molar-refractivity contribution in [2.75, 3.05) is 0 Å². The van der Waals surface area contributed by atoms with Crippen molar-refractivity contribution in [1.29, 1.82) is 0 Å². The molecule has 3 aromatic carbocycles. The lowest BCUT2D eigenvalue weighted by molar-refractivity contribution is -0.254. The van der Waals surface area contributed by atoms with Crippen molar-refractivity contribution in [2.45, 2.75) is 31.6 Å². The largest absolute Gasteiger partial charge is 0.380 e. The van der Waals surface area contributed by atoms with E-state index in [-0.39, 0.29) is 27.0 Å². The summed E-state index contributed by atoms with van der Waals surface area (Å²) in [5.41, 5.74) is -1.97. The molecule has 8 heteroatoms. The number of thiophene rings is 2. The van der Waals surface area contributed by atoms with Crippen LogP contribution in [0.3, 0.4) is 0 Å². The quantitative estimate of drug-likeness (QED) is 0.198. The van der Waals surface area contributed by atoms with Crippen molar-refractivity contribution in [2.24, 2.45) is 0 Å². The number of rotatable bonds is 3. The second kappa shape index (κ2) is 7.95. The molecule has 0 atom stereocenters. The molecule has 188 valence electrons. The van der Waals surface area contributed by atoms with Crippen molar-refractivity contribution < 1.29 is 26.3 Å². The van der Waals surface area contributed by atoms with Gasteiger partial charge in [0.25, 0.3) is 0 Å². The number of alkyl halides is 6. The van der Waals surface area contributed by atoms with Gasteiger partial charge in [-0.15, -0.1) is 22.7 Å². The van der Waals surface area contributed by atoms with Crippen LogP contribution in [-0.4, -0.2) is 17.8 Å². The topological polar surface area (TPSA) is 0 Å². The molecule has 0 aliphatic heterocycles. The fourth-order valence-electron chi connectivity index (χ4n) is 5.16. The van der Waals surface area contributed by atoms with Gasteiger partial charge in [-0.1, -0.05) is 54.6 Å². The third-order valence-corrected chi connectivity index (χ3v) is 9.22. The lowest BCUT2D eigenvalue weighted by Crippen LogP contribution is -2.49. The van der Waals surface area contributed by atoms with Crippen LogP contribution in [0.2, 0.25) is 0 Å². The summed E-state index contributed by atoms with van der Waals surface area (Å²) in [5, 5.41) is 0.820. The van der Waals surface area contributed by atoms with Gasteiger partial charge < -0.3 is 0 Å². The summed E-state index contributed by atoms with van der Waals surface area (Å²) < 4.78 is 93.2. The maximum absolute atomic E-state index is 15.5. The highest BCUT2D eigenvalue weighted by Crippen LogP contribution is 2.66. The van der Waals surface area contributed by atoms with E-state index in [9.17, 15) is 8.78 Å². The Morgan fingerprint density at radius 3 is 1.97 bits per heavy atom. The third-order valence-electron chi connectivity index (χ3n) is 6.99. The molecule has 1 aliphatic rings. The molecule has 37 heavy (non-hydrogen) atoms. The maximum Gasteiger partial charge on any atom is 0.380 e. The van der Waals surface area contributed by atoms with Crippen LogP contribution < -0.4 is 0 Å². The molecular weight excluding hydrogens is 526 g/mol. The average Bonchev–Trinajstić information content (AvgIpc) is 3.47. The van der Waals surface area contributed by atoms with E-state index in [1.54, 1.807) is 30.3 Å². The Morgan fingerprint density at radius 1 is 0.622 bits per heavy atom. The number of hydrogen-bond donors (Lipinski definition) is 0. The summed E-state index contributed by atoms with van der Waals surface area (Å²) in [6.45, 7) is 3.02. The standard InChI is InChI=1S/C29H18F6S2/c1-15-18(12-13-22-20(15)14-23(37-22)17-8-4-3-5-9-17)25-26(28(32,33)29(34,35)27(25,30)31)24-16(2)36-21-11-7-6-10-19(21)24/h3-14H,1-2H3. The highest BCUT2D eigenvalue weighted by molar-refractivity contribution is 7.22. The molecule has 0 spiro atoms. The first-order chi connectivity index (χ1) is 17.5. The van der Waals surface area contributed by atoms with Crippen molar-refractivity contribution in [1.82, 2.24) is 0 Å². The first-order valence-electron chi connectivity index (χ1n) is 11.4. The molecule has 0 nitrogen and oxygen atoms in total. The smallest absolute Gasteiger partial charge is 0.194 e. The number of aryl methyl sites for hydroxylation is 2. The maximum atomic E-state index is 15.5. The van der Waals surface area contributed by atoms with E-state index in [1.807, 2.05) is 30.3 Å². The van der Waals surface area contributed by atoms with E-state index in [4.69, 9.17) is 0 Å². The zero-order valence-corrected chi connectivity index (χ0v) is 21.1. The minimum atomic E-state index is -5.59. The van der Waals surface area contributed by atoms with Gasteiger partial charge in [-0.05, 0) is 54.1 Å². The Labute approximate surface area is 216 Å². The Balaban J connectivity index is 1.69. The summed E-state index contributed by atoms with van der Waals surface area (Å²) in [7, 11) is 0. The Kier molecular flexibility index (Phi) is 5.21. The number of benzene rings is 3. The van der Waals surface area contributed by atoms with Gasteiger partial charge >= 0.3 is 17.8 Å². The van der Waals surface area contributed by atoms with Crippen LogP contribution in [0.15, 0.2) is 72.8 Å². The van der Waals surface area contributed by atoms with Gasteiger partial charge in [0, 0.05) is 41.3 Å². The second-order valence-electron chi connectivity index (χ2n) is 9.13. The summed E-state index contributed by atoms with van der Waals surface area (Å²) in [5.74, 6) is -15.8. The van der Waals surface area contributed by atoms with E-state index in [1.165, 1.54) is 37.3 Å². The molecule has 1 aliphatic carbocycles. The lowest BCUT2D eigenvalue weighted by atomic mass is 9.90. The Hall–Kier alpha value is -3.10. The first-order valence-corrected chi connectivity index (χ1v) is 13.1. The zero-order valence-electron chi connectivity index (χ0n) is 19.5. The minimum Gasteiger partial charge on any atom is -0.194 e. The van der Waals surface area contributed by atoms with E-state index in [0.717, 1.165) is 26.5 Å². The van der Waals surface area contributed by atoms with Crippen molar-refractivity contribution in [3.63, 3.8) is 0 Å². The van der Waals surface area contributed by atoms with Gasteiger partial charge in [0.2, 0.25) is 0 Å². The summed E-state index contributed by atoms with van der Waals surface area (Å²) >= 11 is 2.54. The van der Waals surface area contributed by atoms with Crippen LogP contribution in [0.25, 0.3) is 41.8 Å². The lowest BCUT2D eigenvalue weighted by Gasteiger charge is -2.26. The highest BCUT2D eigenvalue weighted by atomic mass is 32.1. The number of fused-ring (bicyclic) bond motifs is 2. The van der Waals surface area contributed by atoms with Crippen molar-refractivity contribution in [3.8, 4) is 10.4 Å². The molecule has 0 amide bonds. The van der Waals surface area contributed by atoms with Crippen molar-refractivity contribution in [3.05, 3.63) is 94.4 Å². The predicted octanol–water partition coefficient (Wildman–Crippen LogP) is 10.2. The van der Waals surface area contributed by atoms with E-state index >= 15 is 17.6 Å². The van der Waals surface area contributed by atoms with Gasteiger partial charge in [-0.25, -0.2) is 0 Å². The summed E-state index contributed by atoms with van der Waals surface area (Å²) in [4.78, 5) is 1.14. The Bertz CT molecular complexity index is 1720. The normalized spacial score (nSPS) is 18.3. The van der Waals surface area contributed by atoms with Crippen LogP contribution in [0.1, 0.15) is 21.6 Å². The van der Waals surface area contributed by atoms with E-state index in [2.05, 4.69) is 0 Å². The van der Waals surface area contributed by atoms with Crippen LogP contribution in [0.5, 0.6) is 0 Å². The van der Waals surface area contributed by atoms with Crippen molar-refractivity contribution >= 4 is 54.0 Å².